The summed E-state index contributed by atoms with van der Waals surface area (Å²) in [5.41, 5.74) is 6.04. The van der Waals surface area contributed by atoms with Crippen molar-refractivity contribution in [1.82, 2.24) is 10.3 Å². The van der Waals surface area contributed by atoms with Crippen molar-refractivity contribution >= 4 is 12.0 Å². The second-order valence-corrected chi connectivity index (χ2v) is 3.79. The minimum atomic E-state index is -0.937. The summed E-state index contributed by atoms with van der Waals surface area (Å²) in [6.45, 7) is 0. The number of carbonyl (C=O) groups excluding carboxylic acids is 2. The number of hydrogen-bond acceptors (Lipinski definition) is 4. The van der Waals surface area contributed by atoms with Gasteiger partial charge in [0.25, 0.3) is 5.91 Å². The maximum absolute atomic E-state index is 11.4. The molecule has 1 heterocycles. The number of likely N-dealkylation sites (N-methyl/N-ethyl adjacent to an activating group) is 1. The van der Waals surface area contributed by atoms with Crippen LogP contribution in [0.15, 0.2) is 24.5 Å². The van der Waals surface area contributed by atoms with E-state index in [0.717, 1.165) is 18.4 Å². The van der Waals surface area contributed by atoms with E-state index in [9.17, 15) is 9.59 Å². The number of rotatable bonds is 6. The summed E-state index contributed by atoms with van der Waals surface area (Å²) >= 11 is 0. The molecule has 1 aromatic heterocycles. The maximum atomic E-state index is 11.4. The highest BCUT2D eigenvalue weighted by Crippen LogP contribution is 2.08. The van der Waals surface area contributed by atoms with Gasteiger partial charge in [-0.05, 0) is 37.0 Å². The molecule has 0 saturated heterocycles. The number of primary amides is 1. The number of ether oxygens (including phenoxy) is 1. The minimum absolute atomic E-state index is 0.344. The van der Waals surface area contributed by atoms with Crippen LogP contribution in [0.1, 0.15) is 18.4 Å². The number of carbonyl (C=O) groups is 2. The van der Waals surface area contributed by atoms with Crippen LogP contribution in [-0.2, 0) is 16.0 Å². The summed E-state index contributed by atoms with van der Waals surface area (Å²) in [5.74, 6) is -0.344. The Labute approximate surface area is 106 Å². The van der Waals surface area contributed by atoms with Crippen LogP contribution in [0, 0.1) is 0 Å². The molecule has 6 nitrogen and oxygen atoms in total. The van der Waals surface area contributed by atoms with E-state index in [4.69, 9.17) is 10.5 Å². The molecule has 1 unspecified atom stereocenters. The van der Waals surface area contributed by atoms with Gasteiger partial charge in [0, 0.05) is 19.4 Å². The molecule has 1 aromatic rings. The highest BCUT2D eigenvalue weighted by atomic mass is 16.6. The molecule has 3 N–H and O–H groups in total. The molecule has 0 aliphatic rings. The molecule has 0 aliphatic heterocycles. The Balaban J connectivity index is 2.42. The molecule has 98 valence electrons. The first-order valence-corrected chi connectivity index (χ1v) is 5.70. The fraction of sp³-hybridized carbons (Fsp3) is 0.417. The van der Waals surface area contributed by atoms with Gasteiger partial charge in [0.2, 0.25) is 0 Å². The number of pyridine rings is 1. The van der Waals surface area contributed by atoms with Gasteiger partial charge >= 0.3 is 6.09 Å². The SMILES string of the molecule is CNC(=O)C(CCCc1ccncc1)OC(N)=O. The van der Waals surface area contributed by atoms with E-state index in [1.807, 2.05) is 12.1 Å². The van der Waals surface area contributed by atoms with E-state index in [0.29, 0.717) is 6.42 Å². The molecule has 0 aromatic carbocycles. The van der Waals surface area contributed by atoms with Gasteiger partial charge in [0.1, 0.15) is 0 Å². The standard InChI is InChI=1S/C12H17N3O3/c1-14-11(16)10(18-12(13)17)4-2-3-9-5-7-15-8-6-9/h5-8,10H,2-4H2,1H3,(H2,13,17)(H,14,16). The van der Waals surface area contributed by atoms with Gasteiger partial charge in [-0.1, -0.05) is 0 Å². The summed E-state index contributed by atoms with van der Waals surface area (Å²) in [4.78, 5) is 26.0. The van der Waals surface area contributed by atoms with Crippen LogP contribution in [0.3, 0.4) is 0 Å². The van der Waals surface area contributed by atoms with Crippen molar-refractivity contribution in [2.24, 2.45) is 5.73 Å². The largest absolute Gasteiger partial charge is 0.436 e. The maximum Gasteiger partial charge on any atom is 0.405 e. The lowest BCUT2D eigenvalue weighted by Crippen LogP contribution is -2.37. The van der Waals surface area contributed by atoms with Crippen LogP contribution in [-0.4, -0.2) is 30.1 Å². The number of nitrogens with zero attached hydrogens (tertiary/aromatic N) is 1. The highest BCUT2D eigenvalue weighted by molar-refractivity contribution is 5.82. The zero-order valence-electron chi connectivity index (χ0n) is 10.3. The van der Waals surface area contributed by atoms with Gasteiger partial charge < -0.3 is 15.8 Å². The molecule has 0 bridgehead atoms. The Kier molecular flexibility index (Phi) is 5.63. The molecule has 0 aliphatic carbocycles. The zero-order chi connectivity index (χ0) is 13.4. The Morgan fingerprint density at radius 3 is 2.67 bits per heavy atom. The van der Waals surface area contributed by atoms with Crippen LogP contribution in [0.4, 0.5) is 4.79 Å². The molecule has 0 saturated carbocycles. The third-order valence-electron chi connectivity index (χ3n) is 2.48. The van der Waals surface area contributed by atoms with E-state index in [1.165, 1.54) is 7.05 Å². The molecule has 6 heteroatoms. The third-order valence-corrected chi connectivity index (χ3v) is 2.48. The van der Waals surface area contributed by atoms with Gasteiger partial charge in [-0.2, -0.15) is 0 Å². The number of aromatic nitrogens is 1. The first-order valence-electron chi connectivity index (χ1n) is 5.70. The fourth-order valence-corrected chi connectivity index (χ4v) is 1.59. The van der Waals surface area contributed by atoms with E-state index in [-0.39, 0.29) is 5.91 Å². The number of aryl methyl sites for hydroxylation is 1. The van der Waals surface area contributed by atoms with Crippen molar-refractivity contribution in [3.8, 4) is 0 Å². The second-order valence-electron chi connectivity index (χ2n) is 3.79. The lowest BCUT2D eigenvalue weighted by atomic mass is 10.1. The number of nitrogens with two attached hydrogens (primary N) is 1. The van der Waals surface area contributed by atoms with Crippen molar-refractivity contribution in [1.29, 1.82) is 0 Å². The third kappa shape index (κ3) is 4.82. The summed E-state index contributed by atoms with van der Waals surface area (Å²) < 4.78 is 4.76. The lowest BCUT2D eigenvalue weighted by Gasteiger charge is -2.14. The Bertz CT molecular complexity index is 395. The van der Waals surface area contributed by atoms with E-state index < -0.39 is 12.2 Å². The first kappa shape index (κ1) is 14.0. The van der Waals surface area contributed by atoms with Crippen molar-refractivity contribution in [2.75, 3.05) is 7.05 Å². The zero-order valence-corrected chi connectivity index (χ0v) is 10.3. The predicted octanol–water partition coefficient (Wildman–Crippen LogP) is 0.614. The van der Waals surface area contributed by atoms with Gasteiger partial charge in [-0.15, -0.1) is 0 Å². The second kappa shape index (κ2) is 7.26. The van der Waals surface area contributed by atoms with Crippen molar-refractivity contribution in [2.45, 2.75) is 25.4 Å². The van der Waals surface area contributed by atoms with Gasteiger partial charge in [-0.3, -0.25) is 9.78 Å². The lowest BCUT2D eigenvalue weighted by molar-refractivity contribution is -0.129. The van der Waals surface area contributed by atoms with Crippen molar-refractivity contribution in [3.63, 3.8) is 0 Å². The normalized spacial score (nSPS) is 11.6. The van der Waals surface area contributed by atoms with Gasteiger partial charge in [-0.25, -0.2) is 4.79 Å². The molecular weight excluding hydrogens is 234 g/mol. The highest BCUT2D eigenvalue weighted by Gasteiger charge is 2.19. The first-order chi connectivity index (χ1) is 8.63. The molecule has 1 atom stereocenters. The van der Waals surface area contributed by atoms with Gasteiger partial charge in [0.15, 0.2) is 6.10 Å². The Morgan fingerprint density at radius 2 is 2.11 bits per heavy atom. The van der Waals surface area contributed by atoms with Gasteiger partial charge in [0.05, 0.1) is 0 Å². The van der Waals surface area contributed by atoms with E-state index in [2.05, 4.69) is 10.3 Å². The smallest absolute Gasteiger partial charge is 0.405 e. The van der Waals surface area contributed by atoms with E-state index >= 15 is 0 Å². The van der Waals surface area contributed by atoms with Crippen LogP contribution >= 0.6 is 0 Å². The van der Waals surface area contributed by atoms with E-state index in [1.54, 1.807) is 12.4 Å². The van der Waals surface area contributed by atoms with Crippen molar-refractivity contribution < 1.29 is 14.3 Å². The number of hydrogen-bond donors (Lipinski definition) is 2. The average Bonchev–Trinajstić information content (AvgIpc) is 2.37. The average molecular weight is 251 g/mol. The van der Waals surface area contributed by atoms with Crippen LogP contribution in [0.2, 0.25) is 0 Å². The molecule has 0 fully saturated rings. The molecule has 1 rings (SSSR count). The Morgan fingerprint density at radius 1 is 1.44 bits per heavy atom. The van der Waals surface area contributed by atoms with Crippen molar-refractivity contribution in [3.05, 3.63) is 30.1 Å². The van der Waals surface area contributed by atoms with Crippen LogP contribution in [0.5, 0.6) is 0 Å². The summed E-state index contributed by atoms with van der Waals surface area (Å²) in [5, 5.41) is 2.44. The number of amides is 2. The summed E-state index contributed by atoms with van der Waals surface area (Å²) in [7, 11) is 1.49. The van der Waals surface area contributed by atoms with Crippen LogP contribution in [0.25, 0.3) is 0 Å². The Hall–Kier alpha value is -2.11. The summed E-state index contributed by atoms with van der Waals surface area (Å²) in [6.07, 6.45) is 3.61. The predicted molar refractivity (Wildman–Crippen MR) is 65.7 cm³/mol. The molecule has 0 spiro atoms. The molecule has 18 heavy (non-hydrogen) atoms. The number of nitrogens with one attached hydrogen (secondary N) is 1. The summed E-state index contributed by atoms with van der Waals surface area (Å²) in [6, 6.07) is 3.81. The quantitative estimate of drug-likeness (QED) is 0.774. The molecule has 0 radical (unpaired) electrons. The molecular formula is C12H17N3O3. The van der Waals surface area contributed by atoms with Crippen LogP contribution < -0.4 is 11.1 Å². The molecule has 2 amide bonds. The topological polar surface area (TPSA) is 94.3 Å². The minimum Gasteiger partial charge on any atom is -0.436 e. The monoisotopic (exact) mass is 251 g/mol. The fourth-order valence-electron chi connectivity index (χ4n) is 1.59.